The van der Waals surface area contributed by atoms with Gasteiger partial charge in [-0.25, -0.2) is 8.78 Å². The second-order valence-electron chi connectivity index (χ2n) is 5.14. The van der Waals surface area contributed by atoms with Gasteiger partial charge in [-0.1, -0.05) is 18.7 Å². The minimum Gasteiger partial charge on any atom is -0.573 e. The van der Waals surface area contributed by atoms with E-state index in [-0.39, 0.29) is 39.4 Å². The fourth-order valence-corrected chi connectivity index (χ4v) is 3.83. The van der Waals surface area contributed by atoms with Crippen LogP contribution in [0.5, 0.6) is 0 Å². The molecule has 25 heavy (non-hydrogen) atoms. The van der Waals surface area contributed by atoms with E-state index in [2.05, 4.69) is 5.32 Å². The second kappa shape index (κ2) is 6.59. The molecule has 130 valence electrons. The number of hydrogen-bond acceptors (Lipinski definition) is 6. The van der Waals surface area contributed by atoms with Crippen LogP contribution in [-0.4, -0.2) is 15.2 Å². The quantitative estimate of drug-likeness (QED) is 0.621. The maximum Gasteiger partial charge on any atom is 0.444 e. The minimum atomic E-state index is -3.23. The standard InChI is InChI=1S/C15H11F2N2O4PS/c1-2-12(20)11-6-25-15(18-11)14(21)9-5-19(24(22)23)13-8(9)3-7(16)4-10(13)17/h3-6,18,21H,2H2,1H3. The number of carbonyl (C=O) groups excluding carboxylic acids is 1. The number of ketones is 1. The molecular weight excluding hydrogens is 373 g/mol. The van der Waals surface area contributed by atoms with Gasteiger partial charge in [0.25, 0.3) is 0 Å². The first-order valence-corrected chi connectivity index (χ1v) is 9.10. The van der Waals surface area contributed by atoms with Gasteiger partial charge in [-0.2, -0.15) is 0 Å². The summed E-state index contributed by atoms with van der Waals surface area (Å²) in [6.45, 7) is 1.68. The van der Waals surface area contributed by atoms with Gasteiger partial charge >= 0.3 is 8.18 Å². The lowest BCUT2D eigenvalue weighted by atomic mass is 10.1. The fourth-order valence-electron chi connectivity index (χ4n) is 2.44. The van der Waals surface area contributed by atoms with Crippen LogP contribution in [0.3, 0.4) is 0 Å². The van der Waals surface area contributed by atoms with E-state index < -0.39 is 25.6 Å². The highest BCUT2D eigenvalue weighted by atomic mass is 32.2. The highest BCUT2D eigenvalue weighted by Gasteiger charge is 2.26. The van der Waals surface area contributed by atoms with Crippen molar-refractivity contribution in [3.8, 4) is 0 Å². The van der Waals surface area contributed by atoms with Crippen LogP contribution in [0.2, 0.25) is 0 Å². The Morgan fingerprint density at radius 2 is 2.16 bits per heavy atom. The van der Waals surface area contributed by atoms with E-state index in [4.69, 9.17) is 0 Å². The molecule has 0 aliphatic carbocycles. The SMILES string of the molecule is CCC(=O)C1=CSC(=C(O)c2cn([P+](=O)[O-])c3c(F)cc(F)cc23)N1. The summed E-state index contributed by atoms with van der Waals surface area (Å²) in [5, 5.41) is 14.8. The lowest BCUT2D eigenvalue weighted by molar-refractivity contribution is -0.166. The smallest absolute Gasteiger partial charge is 0.444 e. The molecule has 10 heteroatoms. The molecule has 0 amide bonds. The van der Waals surface area contributed by atoms with Crippen LogP contribution < -0.4 is 10.2 Å². The molecule has 0 bridgehead atoms. The average Bonchev–Trinajstić information content (AvgIpc) is 3.18. The van der Waals surface area contributed by atoms with Crippen LogP contribution in [0.25, 0.3) is 16.7 Å². The number of rotatable bonds is 4. The minimum absolute atomic E-state index is 0.0683. The number of nitrogens with one attached hydrogen (secondary N) is 1. The van der Waals surface area contributed by atoms with Gasteiger partial charge in [-0.15, -0.1) is 4.34 Å². The Balaban J connectivity index is 2.15. The Morgan fingerprint density at radius 3 is 2.80 bits per heavy atom. The van der Waals surface area contributed by atoms with Gasteiger partial charge in [0.05, 0.1) is 11.9 Å². The molecule has 2 heterocycles. The van der Waals surface area contributed by atoms with E-state index in [0.29, 0.717) is 10.4 Å². The van der Waals surface area contributed by atoms with Crippen LogP contribution in [0, 0.1) is 11.6 Å². The van der Waals surface area contributed by atoms with E-state index in [1.165, 1.54) is 5.41 Å². The maximum atomic E-state index is 14.0. The molecule has 1 atom stereocenters. The number of halogens is 2. The zero-order valence-electron chi connectivity index (χ0n) is 12.7. The predicted molar refractivity (Wildman–Crippen MR) is 88.5 cm³/mol. The topological polar surface area (TPSA) is 94.4 Å². The average molecular weight is 384 g/mol. The lowest BCUT2D eigenvalue weighted by Crippen LogP contribution is -2.14. The molecule has 1 aromatic carbocycles. The molecular formula is C15H11F2N2O4PS. The fraction of sp³-hybridized carbons (Fsp3) is 0.133. The Morgan fingerprint density at radius 1 is 1.44 bits per heavy atom. The highest BCUT2D eigenvalue weighted by molar-refractivity contribution is 8.06. The van der Waals surface area contributed by atoms with Crippen LogP contribution in [-0.2, 0) is 9.36 Å². The third-order valence-electron chi connectivity index (χ3n) is 3.61. The number of aliphatic hydroxyl groups is 1. The van der Waals surface area contributed by atoms with E-state index in [1.54, 1.807) is 6.92 Å². The first-order chi connectivity index (χ1) is 11.8. The Kier molecular flexibility index (Phi) is 4.64. The number of nitrogens with zero attached hydrogens (tertiary/aromatic N) is 1. The van der Waals surface area contributed by atoms with Crippen LogP contribution in [0.15, 0.2) is 34.5 Å². The third-order valence-corrected chi connectivity index (χ3v) is 5.16. The number of benzene rings is 1. The van der Waals surface area contributed by atoms with Gasteiger partial charge < -0.3 is 15.3 Å². The van der Waals surface area contributed by atoms with Crippen molar-refractivity contribution in [2.75, 3.05) is 0 Å². The van der Waals surface area contributed by atoms with Crippen molar-refractivity contribution >= 4 is 42.4 Å². The summed E-state index contributed by atoms with van der Waals surface area (Å²) >= 11 is 1.02. The first-order valence-electron chi connectivity index (χ1n) is 7.09. The van der Waals surface area contributed by atoms with Crippen molar-refractivity contribution < 1.29 is 28.1 Å². The highest BCUT2D eigenvalue weighted by Crippen LogP contribution is 2.37. The summed E-state index contributed by atoms with van der Waals surface area (Å²) < 4.78 is 39.6. The van der Waals surface area contributed by atoms with Gasteiger partial charge in [0, 0.05) is 28.8 Å². The van der Waals surface area contributed by atoms with Gasteiger partial charge in [0.15, 0.2) is 17.4 Å². The van der Waals surface area contributed by atoms with E-state index in [1.807, 2.05) is 0 Å². The molecule has 0 spiro atoms. The normalized spacial score (nSPS) is 16.6. The number of Topliss-reactive ketones (excluding diaryl/α,β-unsaturated/α-hetero) is 1. The molecule has 0 saturated carbocycles. The number of aliphatic hydroxyl groups excluding tert-OH is 1. The molecule has 2 aromatic rings. The number of thioether (sulfide) groups is 1. The van der Waals surface area contributed by atoms with Crippen molar-refractivity contribution in [3.05, 3.63) is 51.7 Å². The number of fused-ring (bicyclic) bond motifs is 1. The zero-order valence-corrected chi connectivity index (χ0v) is 14.5. The summed E-state index contributed by atoms with van der Waals surface area (Å²) in [6.07, 6.45) is 1.27. The first kappa shape index (κ1) is 17.6. The maximum absolute atomic E-state index is 14.0. The lowest BCUT2D eigenvalue weighted by Gasteiger charge is -2.06. The Labute approximate surface area is 145 Å². The number of hydrogen-bond donors (Lipinski definition) is 2. The van der Waals surface area contributed by atoms with Crippen LogP contribution in [0.1, 0.15) is 18.9 Å². The van der Waals surface area contributed by atoms with Crippen LogP contribution >= 0.6 is 19.9 Å². The molecule has 3 rings (SSSR count). The largest absolute Gasteiger partial charge is 0.573 e. The second-order valence-corrected chi connectivity index (χ2v) is 6.92. The molecule has 0 fully saturated rings. The summed E-state index contributed by atoms with van der Waals surface area (Å²) in [5.74, 6) is -2.55. The zero-order chi connectivity index (χ0) is 18.3. The number of aromatic nitrogens is 1. The summed E-state index contributed by atoms with van der Waals surface area (Å²) in [7, 11) is -3.23. The Hall–Kier alpha value is -2.22. The van der Waals surface area contributed by atoms with E-state index >= 15 is 0 Å². The van der Waals surface area contributed by atoms with Crippen molar-refractivity contribution in [2.45, 2.75) is 13.3 Å². The molecule has 1 unspecified atom stereocenters. The molecule has 1 aromatic heterocycles. The molecule has 0 radical (unpaired) electrons. The van der Waals surface area contributed by atoms with Gasteiger partial charge in [0.2, 0.25) is 0 Å². The third kappa shape index (κ3) is 3.06. The van der Waals surface area contributed by atoms with Crippen LogP contribution in [0.4, 0.5) is 8.78 Å². The van der Waals surface area contributed by atoms with Crippen molar-refractivity contribution in [2.24, 2.45) is 0 Å². The summed E-state index contributed by atoms with van der Waals surface area (Å²) in [5.41, 5.74) is -0.147. The van der Waals surface area contributed by atoms with Gasteiger partial charge in [-0.3, -0.25) is 4.79 Å². The van der Waals surface area contributed by atoms with Crippen molar-refractivity contribution in [3.63, 3.8) is 0 Å². The van der Waals surface area contributed by atoms with E-state index in [9.17, 15) is 28.1 Å². The van der Waals surface area contributed by atoms with Gasteiger partial charge in [0.1, 0.15) is 16.4 Å². The molecule has 2 N–H and O–H groups in total. The van der Waals surface area contributed by atoms with Crippen molar-refractivity contribution in [1.29, 1.82) is 0 Å². The van der Waals surface area contributed by atoms with Crippen molar-refractivity contribution in [1.82, 2.24) is 9.65 Å². The predicted octanol–water partition coefficient (Wildman–Crippen LogP) is 3.13. The molecule has 1 aliphatic heterocycles. The molecule has 0 saturated heterocycles. The summed E-state index contributed by atoms with van der Waals surface area (Å²) in [6, 6.07) is 1.50. The summed E-state index contributed by atoms with van der Waals surface area (Å²) in [4.78, 5) is 23.0. The number of allylic oxidation sites excluding steroid dienone is 1. The monoisotopic (exact) mass is 384 g/mol. The molecule has 6 nitrogen and oxygen atoms in total. The number of carbonyl (C=O) groups is 1. The molecule has 1 aliphatic rings. The van der Waals surface area contributed by atoms with E-state index in [0.717, 1.165) is 24.0 Å². The Bertz CT molecular complexity index is 984. The van der Waals surface area contributed by atoms with Gasteiger partial charge in [-0.05, 0) is 10.6 Å².